The molecule has 6 heteroatoms. The third-order valence-electron chi connectivity index (χ3n) is 4.08. The molecule has 1 heterocycles. The SMILES string of the molecule is CC1CN(C(=O)NC2(C(=O)O)CCCC2)C(C)CO1. The van der Waals surface area contributed by atoms with Gasteiger partial charge in [-0.3, -0.25) is 0 Å². The van der Waals surface area contributed by atoms with E-state index in [0.717, 1.165) is 12.8 Å². The van der Waals surface area contributed by atoms with Crippen molar-refractivity contribution in [2.45, 2.75) is 57.2 Å². The lowest BCUT2D eigenvalue weighted by Crippen LogP contribution is -2.60. The highest BCUT2D eigenvalue weighted by molar-refractivity contribution is 5.86. The number of morpholine rings is 1. The number of amides is 2. The van der Waals surface area contributed by atoms with Gasteiger partial charge in [0.2, 0.25) is 0 Å². The van der Waals surface area contributed by atoms with Crippen molar-refractivity contribution in [2.75, 3.05) is 13.2 Å². The van der Waals surface area contributed by atoms with E-state index >= 15 is 0 Å². The van der Waals surface area contributed by atoms with Crippen molar-refractivity contribution in [3.63, 3.8) is 0 Å². The van der Waals surface area contributed by atoms with Crippen LogP contribution in [0.4, 0.5) is 4.79 Å². The summed E-state index contributed by atoms with van der Waals surface area (Å²) in [5.41, 5.74) is -1.07. The van der Waals surface area contributed by atoms with Crippen LogP contribution in [0.15, 0.2) is 0 Å². The summed E-state index contributed by atoms with van der Waals surface area (Å²) < 4.78 is 5.48. The van der Waals surface area contributed by atoms with Crippen molar-refractivity contribution in [1.82, 2.24) is 10.2 Å². The number of nitrogens with one attached hydrogen (secondary N) is 1. The molecule has 1 aliphatic carbocycles. The van der Waals surface area contributed by atoms with Crippen LogP contribution in [-0.4, -0.2) is 52.8 Å². The second-order valence-electron chi connectivity index (χ2n) is 5.67. The number of rotatable bonds is 2. The van der Waals surface area contributed by atoms with Crippen molar-refractivity contribution in [1.29, 1.82) is 0 Å². The van der Waals surface area contributed by atoms with Crippen LogP contribution in [0, 0.1) is 0 Å². The zero-order valence-electron chi connectivity index (χ0n) is 11.5. The first-order valence-electron chi connectivity index (χ1n) is 6.88. The third kappa shape index (κ3) is 2.83. The van der Waals surface area contributed by atoms with Crippen molar-refractivity contribution in [2.24, 2.45) is 0 Å². The summed E-state index contributed by atoms with van der Waals surface area (Å²) >= 11 is 0. The number of aliphatic carboxylic acids is 1. The van der Waals surface area contributed by atoms with Gasteiger partial charge in [-0.1, -0.05) is 12.8 Å². The molecule has 6 nitrogen and oxygen atoms in total. The Morgan fingerprint density at radius 2 is 1.95 bits per heavy atom. The number of urea groups is 1. The van der Waals surface area contributed by atoms with E-state index in [2.05, 4.69) is 5.32 Å². The molecule has 2 N–H and O–H groups in total. The van der Waals surface area contributed by atoms with Gasteiger partial charge in [-0.15, -0.1) is 0 Å². The van der Waals surface area contributed by atoms with E-state index in [9.17, 15) is 14.7 Å². The molecule has 19 heavy (non-hydrogen) atoms. The number of carboxylic acids is 1. The Morgan fingerprint density at radius 1 is 1.32 bits per heavy atom. The molecule has 0 aromatic rings. The van der Waals surface area contributed by atoms with Crippen LogP contribution in [0.25, 0.3) is 0 Å². The van der Waals surface area contributed by atoms with Gasteiger partial charge in [0.25, 0.3) is 0 Å². The fourth-order valence-electron chi connectivity index (χ4n) is 2.83. The lowest BCUT2D eigenvalue weighted by atomic mass is 9.98. The molecule has 0 radical (unpaired) electrons. The molecule has 2 atom stereocenters. The van der Waals surface area contributed by atoms with E-state index in [-0.39, 0.29) is 18.2 Å². The summed E-state index contributed by atoms with van der Waals surface area (Å²) in [6.07, 6.45) is 2.72. The monoisotopic (exact) mass is 270 g/mol. The highest BCUT2D eigenvalue weighted by Crippen LogP contribution is 2.30. The number of hydrogen-bond donors (Lipinski definition) is 2. The molecule has 0 aromatic carbocycles. The maximum atomic E-state index is 12.3. The lowest BCUT2D eigenvalue weighted by molar-refractivity contribution is -0.144. The van der Waals surface area contributed by atoms with Crippen LogP contribution < -0.4 is 5.32 Å². The van der Waals surface area contributed by atoms with Gasteiger partial charge in [0, 0.05) is 6.54 Å². The van der Waals surface area contributed by atoms with Crippen LogP contribution in [0.1, 0.15) is 39.5 Å². The molecule has 1 aliphatic heterocycles. The average molecular weight is 270 g/mol. The molecule has 2 fully saturated rings. The lowest BCUT2D eigenvalue weighted by Gasteiger charge is -2.38. The first kappa shape index (κ1) is 14.1. The number of hydrogen-bond acceptors (Lipinski definition) is 3. The van der Waals surface area contributed by atoms with Gasteiger partial charge in [0.1, 0.15) is 5.54 Å². The summed E-state index contributed by atoms with van der Waals surface area (Å²) in [5, 5.41) is 12.1. The average Bonchev–Trinajstić information content (AvgIpc) is 2.82. The molecule has 1 saturated heterocycles. The minimum Gasteiger partial charge on any atom is -0.480 e. The molecule has 2 aliphatic rings. The van der Waals surface area contributed by atoms with E-state index in [1.54, 1.807) is 4.90 Å². The first-order chi connectivity index (χ1) is 8.94. The molecule has 108 valence electrons. The summed E-state index contributed by atoms with van der Waals surface area (Å²) in [6, 6.07) is -0.310. The Bertz CT molecular complexity index is 366. The Hall–Kier alpha value is -1.30. The molecule has 2 unspecified atom stereocenters. The maximum absolute atomic E-state index is 12.3. The Kier molecular flexibility index (Phi) is 3.99. The molecular weight excluding hydrogens is 248 g/mol. The number of carbonyl (C=O) groups excluding carboxylic acids is 1. The number of carboxylic acid groups (broad SMARTS) is 1. The van der Waals surface area contributed by atoms with E-state index < -0.39 is 11.5 Å². The van der Waals surface area contributed by atoms with Gasteiger partial charge >= 0.3 is 12.0 Å². The highest BCUT2D eigenvalue weighted by Gasteiger charge is 2.44. The van der Waals surface area contributed by atoms with Crippen molar-refractivity contribution in [3.8, 4) is 0 Å². The van der Waals surface area contributed by atoms with Crippen LogP contribution in [0.3, 0.4) is 0 Å². The molecule has 0 bridgehead atoms. The summed E-state index contributed by atoms with van der Waals surface area (Å²) in [7, 11) is 0. The third-order valence-corrected chi connectivity index (χ3v) is 4.08. The fourth-order valence-corrected chi connectivity index (χ4v) is 2.83. The van der Waals surface area contributed by atoms with E-state index in [0.29, 0.717) is 26.0 Å². The Morgan fingerprint density at radius 3 is 2.53 bits per heavy atom. The van der Waals surface area contributed by atoms with Gasteiger partial charge < -0.3 is 20.1 Å². The fraction of sp³-hybridized carbons (Fsp3) is 0.846. The number of ether oxygens (including phenoxy) is 1. The highest BCUT2D eigenvalue weighted by atomic mass is 16.5. The predicted molar refractivity (Wildman–Crippen MR) is 68.9 cm³/mol. The van der Waals surface area contributed by atoms with Crippen molar-refractivity contribution in [3.05, 3.63) is 0 Å². The molecular formula is C13H22N2O4. The van der Waals surface area contributed by atoms with Crippen molar-refractivity contribution >= 4 is 12.0 Å². The largest absolute Gasteiger partial charge is 0.480 e. The van der Waals surface area contributed by atoms with Crippen LogP contribution in [0.2, 0.25) is 0 Å². The molecule has 1 saturated carbocycles. The normalized spacial score (nSPS) is 30.1. The quantitative estimate of drug-likeness (QED) is 0.790. The summed E-state index contributed by atoms with van der Waals surface area (Å²) in [5.74, 6) is -0.924. The van der Waals surface area contributed by atoms with Gasteiger partial charge in [0.15, 0.2) is 0 Å². The van der Waals surface area contributed by atoms with Crippen LogP contribution >= 0.6 is 0 Å². The Labute approximate surface area is 113 Å². The molecule has 0 spiro atoms. The smallest absolute Gasteiger partial charge is 0.329 e. The summed E-state index contributed by atoms with van der Waals surface area (Å²) in [6.45, 7) is 4.82. The topological polar surface area (TPSA) is 78.9 Å². The standard InChI is InChI=1S/C13H22N2O4/c1-9-8-19-10(2)7-15(9)12(18)14-13(11(16)17)5-3-4-6-13/h9-10H,3-8H2,1-2H3,(H,14,18)(H,16,17). The van der Waals surface area contributed by atoms with E-state index in [1.807, 2.05) is 13.8 Å². The van der Waals surface area contributed by atoms with Crippen LogP contribution in [0.5, 0.6) is 0 Å². The first-order valence-corrected chi connectivity index (χ1v) is 6.88. The molecule has 2 amide bonds. The zero-order valence-corrected chi connectivity index (χ0v) is 11.5. The predicted octanol–water partition coefficient (Wildman–Crippen LogP) is 1.20. The maximum Gasteiger partial charge on any atom is 0.329 e. The number of nitrogens with zero attached hydrogens (tertiary/aromatic N) is 1. The van der Waals surface area contributed by atoms with Gasteiger partial charge in [-0.2, -0.15) is 0 Å². The van der Waals surface area contributed by atoms with E-state index in [1.165, 1.54) is 0 Å². The molecule has 2 rings (SSSR count). The zero-order chi connectivity index (χ0) is 14.0. The van der Waals surface area contributed by atoms with E-state index in [4.69, 9.17) is 4.74 Å². The minimum atomic E-state index is -1.07. The second-order valence-corrected chi connectivity index (χ2v) is 5.67. The number of carbonyl (C=O) groups is 2. The van der Waals surface area contributed by atoms with Gasteiger partial charge in [-0.25, -0.2) is 9.59 Å². The molecule has 0 aromatic heterocycles. The Balaban J connectivity index is 2.05. The van der Waals surface area contributed by atoms with Gasteiger partial charge in [-0.05, 0) is 26.7 Å². The van der Waals surface area contributed by atoms with Gasteiger partial charge in [0.05, 0.1) is 18.8 Å². The van der Waals surface area contributed by atoms with Crippen molar-refractivity contribution < 1.29 is 19.4 Å². The minimum absolute atomic E-state index is 0.00805. The van der Waals surface area contributed by atoms with Crippen LogP contribution in [-0.2, 0) is 9.53 Å². The second kappa shape index (κ2) is 5.36. The summed E-state index contributed by atoms with van der Waals surface area (Å²) in [4.78, 5) is 25.4.